The molecule has 1 aliphatic heterocycles. The molecule has 0 saturated carbocycles. The average molecular weight is 257 g/mol. The molecule has 2 heterocycles. The van der Waals surface area contributed by atoms with Crippen molar-refractivity contribution >= 4 is 9.84 Å². The van der Waals surface area contributed by atoms with Gasteiger partial charge in [0.25, 0.3) is 0 Å². The zero-order chi connectivity index (χ0) is 12.8. The number of hydrogen-bond acceptors (Lipinski definition) is 4. The van der Waals surface area contributed by atoms with Gasteiger partial charge in [-0.3, -0.25) is 4.68 Å². The minimum absolute atomic E-state index is 0.0882. The second-order valence-electron chi connectivity index (χ2n) is 5.50. The zero-order valence-corrected chi connectivity index (χ0v) is 11.3. The summed E-state index contributed by atoms with van der Waals surface area (Å²) >= 11 is 0. The van der Waals surface area contributed by atoms with Gasteiger partial charge in [-0.05, 0) is 20.8 Å². The van der Waals surface area contributed by atoms with Crippen LogP contribution in [0.15, 0.2) is 0 Å². The van der Waals surface area contributed by atoms with Crippen LogP contribution in [-0.2, 0) is 34.1 Å². The Hall–Kier alpha value is -0.880. The summed E-state index contributed by atoms with van der Waals surface area (Å²) < 4.78 is 25.2. The first kappa shape index (κ1) is 12.6. The summed E-state index contributed by atoms with van der Waals surface area (Å²) in [6.45, 7) is 6.45. The first-order chi connectivity index (χ1) is 7.74. The summed E-state index contributed by atoms with van der Waals surface area (Å²) in [5.41, 5.74) is 8.16. The molecule has 0 aromatic carbocycles. The fourth-order valence-corrected chi connectivity index (χ4v) is 3.63. The molecule has 1 aliphatic rings. The third-order valence-corrected chi connectivity index (χ3v) is 4.57. The third kappa shape index (κ3) is 2.24. The van der Waals surface area contributed by atoms with Crippen LogP contribution in [0.1, 0.15) is 37.7 Å². The number of nitrogens with two attached hydrogens (primary N) is 1. The van der Waals surface area contributed by atoms with Crippen molar-refractivity contribution in [3.63, 3.8) is 0 Å². The van der Waals surface area contributed by atoms with Crippen LogP contribution in [0.5, 0.6) is 0 Å². The van der Waals surface area contributed by atoms with Gasteiger partial charge in [0.1, 0.15) is 0 Å². The monoisotopic (exact) mass is 257 g/mol. The van der Waals surface area contributed by atoms with Crippen molar-refractivity contribution in [1.82, 2.24) is 9.78 Å². The molecule has 0 unspecified atom stereocenters. The molecule has 0 radical (unpaired) electrons. The molecule has 1 aromatic rings. The molecule has 0 atom stereocenters. The smallest absolute Gasteiger partial charge is 0.154 e. The van der Waals surface area contributed by atoms with E-state index in [1.165, 1.54) is 0 Å². The van der Waals surface area contributed by atoms with Crippen molar-refractivity contribution in [2.45, 2.75) is 45.0 Å². The molecule has 17 heavy (non-hydrogen) atoms. The highest BCUT2D eigenvalue weighted by molar-refractivity contribution is 7.90. The number of rotatable bonds is 1. The van der Waals surface area contributed by atoms with Crippen LogP contribution in [0.4, 0.5) is 0 Å². The van der Waals surface area contributed by atoms with E-state index in [-0.39, 0.29) is 17.0 Å². The van der Waals surface area contributed by atoms with Gasteiger partial charge in [-0.1, -0.05) is 0 Å². The number of nitrogens with zero attached hydrogens (tertiary/aromatic N) is 2. The Labute approximate surface area is 102 Å². The zero-order valence-electron chi connectivity index (χ0n) is 10.5. The van der Waals surface area contributed by atoms with Gasteiger partial charge in [0.15, 0.2) is 9.84 Å². The quantitative estimate of drug-likeness (QED) is 0.797. The number of fused-ring (bicyclic) bond motifs is 1. The first-order valence-electron chi connectivity index (χ1n) is 5.75. The molecular formula is C11H19N3O2S. The van der Waals surface area contributed by atoms with Crippen LogP contribution in [0.2, 0.25) is 0 Å². The Morgan fingerprint density at radius 2 is 2.06 bits per heavy atom. The maximum atomic E-state index is 11.7. The van der Waals surface area contributed by atoms with Gasteiger partial charge in [0.05, 0.1) is 28.4 Å². The molecule has 5 nitrogen and oxygen atoms in total. The maximum absolute atomic E-state index is 11.7. The van der Waals surface area contributed by atoms with E-state index in [2.05, 4.69) is 5.10 Å². The summed E-state index contributed by atoms with van der Waals surface area (Å²) in [6, 6.07) is 0. The van der Waals surface area contributed by atoms with Crippen molar-refractivity contribution in [2.24, 2.45) is 5.73 Å². The highest BCUT2D eigenvalue weighted by atomic mass is 32.2. The molecule has 96 valence electrons. The SMILES string of the molecule is CC(C)(C)n1nc2c(c1CN)CS(=O)(=O)CC2. The van der Waals surface area contributed by atoms with E-state index >= 15 is 0 Å². The van der Waals surface area contributed by atoms with Crippen LogP contribution in [0.25, 0.3) is 0 Å². The molecule has 0 amide bonds. The lowest BCUT2D eigenvalue weighted by Crippen LogP contribution is -2.27. The van der Waals surface area contributed by atoms with Gasteiger partial charge in [-0.25, -0.2) is 8.42 Å². The summed E-state index contributed by atoms with van der Waals surface area (Å²) in [6.07, 6.45) is 0.508. The molecule has 2 rings (SSSR count). The Morgan fingerprint density at radius 3 is 2.59 bits per heavy atom. The van der Waals surface area contributed by atoms with Gasteiger partial charge in [0.2, 0.25) is 0 Å². The van der Waals surface area contributed by atoms with Crippen LogP contribution in [-0.4, -0.2) is 24.0 Å². The van der Waals surface area contributed by atoms with Gasteiger partial charge in [-0.15, -0.1) is 0 Å². The Kier molecular flexibility index (Phi) is 2.82. The van der Waals surface area contributed by atoms with E-state index in [1.54, 1.807) is 0 Å². The van der Waals surface area contributed by atoms with E-state index in [4.69, 9.17) is 5.73 Å². The Bertz CT molecular complexity index is 538. The van der Waals surface area contributed by atoms with Crippen LogP contribution in [0, 0.1) is 0 Å². The lowest BCUT2D eigenvalue weighted by molar-refractivity contribution is 0.341. The highest BCUT2D eigenvalue weighted by Gasteiger charge is 2.30. The fraction of sp³-hybridized carbons (Fsp3) is 0.727. The number of sulfone groups is 1. The largest absolute Gasteiger partial charge is 0.325 e. The van der Waals surface area contributed by atoms with Gasteiger partial charge in [0, 0.05) is 18.5 Å². The second-order valence-corrected chi connectivity index (χ2v) is 7.68. The number of aryl methyl sites for hydroxylation is 1. The molecule has 0 bridgehead atoms. The van der Waals surface area contributed by atoms with Crippen LogP contribution >= 0.6 is 0 Å². The topological polar surface area (TPSA) is 78.0 Å². The standard InChI is InChI=1S/C11H19N3O2S/c1-11(2,3)14-10(6-12)8-7-17(15,16)5-4-9(8)13-14/h4-7,12H2,1-3H3. The van der Waals surface area contributed by atoms with E-state index in [0.717, 1.165) is 17.0 Å². The lowest BCUT2D eigenvalue weighted by Gasteiger charge is -2.22. The number of hydrogen-bond donors (Lipinski definition) is 1. The van der Waals surface area contributed by atoms with E-state index in [0.29, 0.717) is 13.0 Å². The predicted molar refractivity (Wildman–Crippen MR) is 66.3 cm³/mol. The first-order valence-corrected chi connectivity index (χ1v) is 7.57. The summed E-state index contributed by atoms with van der Waals surface area (Å²) in [7, 11) is -2.97. The summed E-state index contributed by atoms with van der Waals surface area (Å²) in [4.78, 5) is 0. The van der Waals surface area contributed by atoms with E-state index < -0.39 is 9.84 Å². The van der Waals surface area contributed by atoms with Crippen molar-refractivity contribution in [3.8, 4) is 0 Å². The second kappa shape index (κ2) is 3.81. The Balaban J connectivity index is 2.59. The van der Waals surface area contributed by atoms with Crippen molar-refractivity contribution < 1.29 is 8.42 Å². The van der Waals surface area contributed by atoms with Gasteiger partial charge >= 0.3 is 0 Å². The van der Waals surface area contributed by atoms with E-state index in [1.807, 2.05) is 25.5 Å². The van der Waals surface area contributed by atoms with E-state index in [9.17, 15) is 8.42 Å². The van der Waals surface area contributed by atoms with Gasteiger partial charge < -0.3 is 5.73 Å². The molecule has 2 N–H and O–H groups in total. The minimum atomic E-state index is -2.97. The van der Waals surface area contributed by atoms with Crippen molar-refractivity contribution in [2.75, 3.05) is 5.75 Å². The Morgan fingerprint density at radius 1 is 1.41 bits per heavy atom. The minimum Gasteiger partial charge on any atom is -0.325 e. The molecular weight excluding hydrogens is 238 g/mol. The summed E-state index contributed by atoms with van der Waals surface area (Å²) in [5, 5.41) is 4.53. The maximum Gasteiger partial charge on any atom is 0.154 e. The molecule has 1 aromatic heterocycles. The normalized spacial score (nSPS) is 19.1. The van der Waals surface area contributed by atoms with Crippen LogP contribution in [0.3, 0.4) is 0 Å². The van der Waals surface area contributed by atoms with Crippen LogP contribution < -0.4 is 5.73 Å². The van der Waals surface area contributed by atoms with Crippen molar-refractivity contribution in [1.29, 1.82) is 0 Å². The molecule has 0 saturated heterocycles. The van der Waals surface area contributed by atoms with Gasteiger partial charge in [-0.2, -0.15) is 5.10 Å². The molecule has 6 heteroatoms. The fourth-order valence-electron chi connectivity index (χ4n) is 2.21. The molecule has 0 spiro atoms. The van der Waals surface area contributed by atoms with Crippen molar-refractivity contribution in [3.05, 3.63) is 17.0 Å². The number of aromatic nitrogens is 2. The third-order valence-electron chi connectivity index (χ3n) is 3.02. The highest BCUT2D eigenvalue weighted by Crippen LogP contribution is 2.27. The molecule has 0 aliphatic carbocycles. The molecule has 0 fully saturated rings. The average Bonchev–Trinajstić information content (AvgIpc) is 2.53. The lowest BCUT2D eigenvalue weighted by atomic mass is 10.1. The predicted octanol–water partition coefficient (Wildman–Crippen LogP) is 0.568. The summed E-state index contributed by atoms with van der Waals surface area (Å²) in [5.74, 6) is 0.288.